The number of nitrogens with one attached hydrogen (secondary N) is 2. The third-order valence-electron chi connectivity index (χ3n) is 4.20. The van der Waals surface area contributed by atoms with Gasteiger partial charge in [0, 0.05) is 7.05 Å². The molecule has 0 radical (unpaired) electrons. The Morgan fingerprint density at radius 1 is 1.21 bits per heavy atom. The molecule has 0 saturated carbocycles. The van der Waals surface area contributed by atoms with E-state index in [1.54, 1.807) is 13.8 Å². The van der Waals surface area contributed by atoms with Crippen molar-refractivity contribution in [2.75, 3.05) is 18.1 Å². The van der Waals surface area contributed by atoms with Crippen molar-refractivity contribution in [2.45, 2.75) is 31.3 Å². The number of carbonyl (C=O) groups excluding carboxylic acids is 2. The Balaban J connectivity index is 2.23. The second-order valence-electron chi connectivity index (χ2n) is 6.71. The summed E-state index contributed by atoms with van der Waals surface area (Å²) in [6, 6.07) is 4.24. The summed E-state index contributed by atoms with van der Waals surface area (Å²) in [4.78, 5) is 23.4. The summed E-state index contributed by atoms with van der Waals surface area (Å²) >= 11 is 0. The zero-order valence-electron chi connectivity index (χ0n) is 16.3. The van der Waals surface area contributed by atoms with Crippen LogP contribution in [0.2, 0.25) is 0 Å². The molecule has 11 heteroatoms. The van der Waals surface area contributed by atoms with Crippen LogP contribution in [0.3, 0.4) is 0 Å². The lowest BCUT2D eigenvalue weighted by atomic mass is 10.1. The molecule has 0 aliphatic carbocycles. The average Bonchev–Trinajstić information content (AvgIpc) is 2.63. The largest absolute Gasteiger partial charge is 0.379 e. The molecule has 1 heterocycles. The molecule has 2 aromatic rings. The lowest BCUT2D eigenvalue weighted by Gasteiger charge is -2.22. The monoisotopic (exact) mass is 424 g/mol. The van der Waals surface area contributed by atoms with Crippen molar-refractivity contribution in [3.63, 3.8) is 0 Å². The topological polar surface area (TPSA) is 138 Å². The lowest BCUT2D eigenvalue weighted by Crippen LogP contribution is -2.46. The molecule has 0 aliphatic rings. The summed E-state index contributed by atoms with van der Waals surface area (Å²) in [5.74, 6) is -3.73. The molecule has 0 fully saturated rings. The van der Waals surface area contributed by atoms with Gasteiger partial charge in [-0.1, -0.05) is 0 Å². The number of sulfone groups is 1. The standard InChI is InChI=1S/C18H21FN4O5S/c1-10-7-15(23-22-11(10)2)21-17(25)18(3,26)9-29(27,28)12-5-6-13(14(19)8-12)16(24)20-4/h5-8,26H,9H2,1-4H3,(H,20,24)(H,21,23,25)/t18-/m0/s1. The summed E-state index contributed by atoms with van der Waals surface area (Å²) in [6.07, 6.45) is 0. The third kappa shape index (κ3) is 5.12. The molecular formula is C18H21FN4O5S. The Bertz CT molecular complexity index is 1070. The number of hydrogen-bond donors (Lipinski definition) is 3. The fraction of sp³-hybridized carbons (Fsp3) is 0.333. The summed E-state index contributed by atoms with van der Waals surface area (Å²) in [5, 5.41) is 22.6. The number of rotatable bonds is 6. The molecule has 0 unspecified atom stereocenters. The minimum atomic E-state index is -4.26. The Morgan fingerprint density at radius 3 is 2.41 bits per heavy atom. The number of amides is 2. The van der Waals surface area contributed by atoms with Crippen molar-refractivity contribution in [3.05, 3.63) is 46.9 Å². The van der Waals surface area contributed by atoms with Gasteiger partial charge in [0.05, 0.1) is 21.9 Å². The van der Waals surface area contributed by atoms with Crippen molar-refractivity contribution in [1.82, 2.24) is 15.5 Å². The van der Waals surface area contributed by atoms with E-state index in [-0.39, 0.29) is 11.4 Å². The number of anilines is 1. The van der Waals surface area contributed by atoms with Crippen molar-refractivity contribution < 1.29 is 27.5 Å². The molecular weight excluding hydrogens is 403 g/mol. The summed E-state index contributed by atoms with van der Waals surface area (Å²) in [6.45, 7) is 4.49. The van der Waals surface area contributed by atoms with Crippen molar-refractivity contribution >= 4 is 27.5 Å². The van der Waals surface area contributed by atoms with Gasteiger partial charge >= 0.3 is 0 Å². The quantitative estimate of drug-likeness (QED) is 0.622. The first-order chi connectivity index (χ1) is 13.4. The lowest BCUT2D eigenvalue weighted by molar-refractivity contribution is -0.130. The van der Waals surface area contributed by atoms with Gasteiger partial charge in [0.1, 0.15) is 5.82 Å². The van der Waals surface area contributed by atoms with E-state index in [1.165, 1.54) is 13.1 Å². The van der Waals surface area contributed by atoms with Crippen LogP contribution >= 0.6 is 0 Å². The van der Waals surface area contributed by atoms with Crippen molar-refractivity contribution in [2.24, 2.45) is 0 Å². The van der Waals surface area contributed by atoms with Crippen LogP contribution in [0, 0.1) is 19.7 Å². The summed E-state index contributed by atoms with van der Waals surface area (Å²) in [7, 11) is -2.95. The van der Waals surface area contributed by atoms with Crippen LogP contribution in [-0.4, -0.2) is 53.9 Å². The van der Waals surface area contributed by atoms with E-state index in [0.29, 0.717) is 11.8 Å². The van der Waals surface area contributed by atoms with E-state index in [1.807, 2.05) is 0 Å². The molecule has 156 valence electrons. The number of benzene rings is 1. The molecule has 0 aliphatic heterocycles. The average molecular weight is 424 g/mol. The third-order valence-corrected chi connectivity index (χ3v) is 6.12. The number of halogens is 1. The fourth-order valence-electron chi connectivity index (χ4n) is 2.39. The Labute approximate surface area is 167 Å². The summed E-state index contributed by atoms with van der Waals surface area (Å²) in [5.41, 5.74) is -1.27. The van der Waals surface area contributed by atoms with Crippen LogP contribution in [0.5, 0.6) is 0 Å². The molecule has 1 aromatic heterocycles. The predicted octanol–water partition coefficient (Wildman–Crippen LogP) is 0.756. The van der Waals surface area contributed by atoms with Gasteiger partial charge in [0.2, 0.25) is 0 Å². The molecule has 9 nitrogen and oxygen atoms in total. The van der Waals surface area contributed by atoms with Crippen LogP contribution in [0.4, 0.5) is 10.2 Å². The highest BCUT2D eigenvalue weighted by Gasteiger charge is 2.37. The van der Waals surface area contributed by atoms with Gasteiger partial charge in [0.25, 0.3) is 11.8 Å². The van der Waals surface area contributed by atoms with E-state index in [0.717, 1.165) is 24.6 Å². The first-order valence-electron chi connectivity index (χ1n) is 8.46. The molecule has 3 N–H and O–H groups in total. The maximum Gasteiger partial charge on any atom is 0.258 e. The predicted molar refractivity (Wildman–Crippen MR) is 103 cm³/mol. The molecule has 29 heavy (non-hydrogen) atoms. The number of aryl methyl sites for hydroxylation is 2. The Hall–Kier alpha value is -2.92. The second-order valence-corrected chi connectivity index (χ2v) is 8.70. The van der Waals surface area contributed by atoms with E-state index in [4.69, 9.17) is 0 Å². The molecule has 0 spiro atoms. The summed E-state index contributed by atoms with van der Waals surface area (Å²) < 4.78 is 39.2. The van der Waals surface area contributed by atoms with Crippen LogP contribution in [0.25, 0.3) is 0 Å². The first-order valence-corrected chi connectivity index (χ1v) is 10.1. The molecule has 0 bridgehead atoms. The van der Waals surface area contributed by atoms with Gasteiger partial charge in [-0.3, -0.25) is 9.59 Å². The maximum atomic E-state index is 14.1. The van der Waals surface area contributed by atoms with Crippen LogP contribution in [-0.2, 0) is 14.6 Å². The minimum absolute atomic E-state index is 0.0525. The Morgan fingerprint density at radius 2 is 1.86 bits per heavy atom. The highest BCUT2D eigenvalue weighted by Crippen LogP contribution is 2.21. The molecule has 2 rings (SSSR count). The normalized spacial score (nSPS) is 13.4. The van der Waals surface area contributed by atoms with E-state index in [2.05, 4.69) is 20.8 Å². The highest BCUT2D eigenvalue weighted by molar-refractivity contribution is 7.91. The molecule has 1 aromatic carbocycles. The van der Waals surface area contributed by atoms with Crippen LogP contribution < -0.4 is 10.6 Å². The number of aromatic nitrogens is 2. The van der Waals surface area contributed by atoms with Gasteiger partial charge in [-0.05, 0) is 50.6 Å². The van der Waals surface area contributed by atoms with Gasteiger partial charge in [0.15, 0.2) is 21.3 Å². The number of nitrogens with zero attached hydrogens (tertiary/aromatic N) is 2. The smallest absolute Gasteiger partial charge is 0.258 e. The zero-order valence-corrected chi connectivity index (χ0v) is 17.1. The first kappa shape index (κ1) is 22.4. The molecule has 1 atom stereocenters. The SMILES string of the molecule is CNC(=O)c1ccc(S(=O)(=O)C[C@](C)(O)C(=O)Nc2cc(C)c(C)nn2)cc1F. The van der Waals surface area contributed by atoms with Crippen LogP contribution in [0.15, 0.2) is 29.2 Å². The van der Waals surface area contributed by atoms with E-state index >= 15 is 0 Å². The Kier molecular flexibility index (Phi) is 6.34. The number of carbonyl (C=O) groups is 2. The highest BCUT2D eigenvalue weighted by atomic mass is 32.2. The minimum Gasteiger partial charge on any atom is -0.379 e. The van der Waals surface area contributed by atoms with Crippen LogP contribution in [0.1, 0.15) is 28.5 Å². The van der Waals surface area contributed by atoms with Gasteiger partial charge in [-0.25, -0.2) is 12.8 Å². The van der Waals surface area contributed by atoms with E-state index in [9.17, 15) is 27.5 Å². The second kappa shape index (κ2) is 8.21. The molecule has 2 amide bonds. The zero-order chi connectivity index (χ0) is 22.0. The maximum absolute atomic E-state index is 14.1. The van der Waals surface area contributed by atoms with Crippen molar-refractivity contribution in [3.8, 4) is 0 Å². The van der Waals surface area contributed by atoms with E-state index < -0.39 is 43.7 Å². The molecule has 0 saturated heterocycles. The van der Waals surface area contributed by atoms with Gasteiger partial charge < -0.3 is 15.7 Å². The van der Waals surface area contributed by atoms with Crippen molar-refractivity contribution in [1.29, 1.82) is 0 Å². The fourth-order valence-corrected chi connectivity index (χ4v) is 3.98. The van der Waals surface area contributed by atoms with Gasteiger partial charge in [-0.15, -0.1) is 5.10 Å². The number of hydrogen-bond acceptors (Lipinski definition) is 7. The number of aliphatic hydroxyl groups is 1. The van der Waals surface area contributed by atoms with Gasteiger partial charge in [-0.2, -0.15) is 5.10 Å².